The monoisotopic (exact) mass is 356 g/mol. The van der Waals surface area contributed by atoms with Crippen molar-refractivity contribution in [2.75, 3.05) is 27.7 Å². The molecule has 3 heteroatoms. The van der Waals surface area contributed by atoms with Gasteiger partial charge in [-0.25, -0.2) is 0 Å². The summed E-state index contributed by atoms with van der Waals surface area (Å²) in [6.45, 7) is 3.64. The van der Waals surface area contributed by atoms with Crippen LogP contribution in [0.15, 0.2) is 11.6 Å². The predicted molar refractivity (Wildman–Crippen MR) is 105 cm³/mol. The molecule has 26 heavy (non-hydrogen) atoms. The zero-order chi connectivity index (χ0) is 18.3. The van der Waals surface area contributed by atoms with Gasteiger partial charge in [0.15, 0.2) is 0 Å². The molecule has 4 fully saturated rings. The highest BCUT2D eigenvalue weighted by Crippen LogP contribution is 2.68. The molecule has 144 valence electrons. The number of carbonyl (C=O) groups is 1. The van der Waals surface area contributed by atoms with Gasteiger partial charge in [-0.1, -0.05) is 18.6 Å². The van der Waals surface area contributed by atoms with Gasteiger partial charge < -0.3 is 9.80 Å². The van der Waals surface area contributed by atoms with Gasteiger partial charge in [-0.2, -0.15) is 0 Å². The molecular formula is C23H36N2O. The molecule has 7 atom stereocenters. The van der Waals surface area contributed by atoms with Crippen LogP contribution in [0.25, 0.3) is 0 Å². The summed E-state index contributed by atoms with van der Waals surface area (Å²) < 4.78 is 0. The fourth-order valence-electron chi connectivity index (χ4n) is 8.35. The molecule has 0 aromatic carbocycles. The number of fused-ring (bicyclic) bond motifs is 4. The molecule has 0 bridgehead atoms. The maximum atomic E-state index is 12.7. The number of hydrogen-bond acceptors (Lipinski definition) is 2. The van der Waals surface area contributed by atoms with Gasteiger partial charge in [0, 0.05) is 31.0 Å². The molecule has 1 heterocycles. The highest BCUT2D eigenvalue weighted by molar-refractivity contribution is 5.82. The summed E-state index contributed by atoms with van der Waals surface area (Å²) in [7, 11) is 6.54. The summed E-state index contributed by atoms with van der Waals surface area (Å²) in [6.07, 6.45) is 13.1. The lowest BCUT2D eigenvalue weighted by Crippen LogP contribution is -2.52. The van der Waals surface area contributed by atoms with E-state index >= 15 is 0 Å². The lowest BCUT2D eigenvalue weighted by molar-refractivity contribution is -0.130. The second-order valence-electron chi connectivity index (χ2n) is 10.7. The zero-order valence-electron chi connectivity index (χ0n) is 17.1. The van der Waals surface area contributed by atoms with Crippen LogP contribution in [0.2, 0.25) is 0 Å². The number of allylic oxidation sites excluding steroid dienone is 1. The normalized spacial score (nSPS) is 50.2. The Hall–Kier alpha value is -0.830. The Labute approximate surface area is 159 Å². The minimum atomic E-state index is 0.329. The van der Waals surface area contributed by atoms with E-state index in [1.807, 2.05) is 7.05 Å². The summed E-state index contributed by atoms with van der Waals surface area (Å²) in [5.74, 6) is 3.29. The molecule has 1 amide bonds. The van der Waals surface area contributed by atoms with Gasteiger partial charge in [-0.3, -0.25) is 4.79 Å². The summed E-state index contributed by atoms with van der Waals surface area (Å²) in [5, 5.41) is 0. The Balaban J connectivity index is 1.46. The van der Waals surface area contributed by atoms with Gasteiger partial charge in [0.25, 0.3) is 0 Å². The Morgan fingerprint density at radius 3 is 2.69 bits per heavy atom. The van der Waals surface area contributed by atoms with E-state index in [-0.39, 0.29) is 0 Å². The van der Waals surface area contributed by atoms with Crippen LogP contribution >= 0.6 is 0 Å². The van der Waals surface area contributed by atoms with E-state index in [2.05, 4.69) is 36.9 Å². The van der Waals surface area contributed by atoms with Gasteiger partial charge in [-0.05, 0) is 88.6 Å². The van der Waals surface area contributed by atoms with Gasteiger partial charge in [0.1, 0.15) is 0 Å². The summed E-state index contributed by atoms with van der Waals surface area (Å²) >= 11 is 0. The van der Waals surface area contributed by atoms with Crippen molar-refractivity contribution < 1.29 is 4.79 Å². The van der Waals surface area contributed by atoms with E-state index in [0.29, 0.717) is 22.7 Å². The van der Waals surface area contributed by atoms with Crippen molar-refractivity contribution in [2.45, 2.75) is 64.3 Å². The number of amides is 1. The maximum absolute atomic E-state index is 12.7. The van der Waals surface area contributed by atoms with Crippen molar-refractivity contribution in [1.82, 2.24) is 9.80 Å². The van der Waals surface area contributed by atoms with Gasteiger partial charge >= 0.3 is 0 Å². The molecule has 5 rings (SSSR count). The van der Waals surface area contributed by atoms with Crippen molar-refractivity contribution >= 4 is 5.91 Å². The predicted octanol–water partition coefficient (Wildman–Crippen LogP) is 3.95. The molecule has 0 radical (unpaired) electrons. The van der Waals surface area contributed by atoms with Crippen LogP contribution in [0.3, 0.4) is 0 Å². The molecule has 0 aromatic rings. The quantitative estimate of drug-likeness (QED) is 0.664. The van der Waals surface area contributed by atoms with Gasteiger partial charge in [0.05, 0.1) is 0 Å². The molecule has 0 N–H and O–H groups in total. The van der Waals surface area contributed by atoms with Crippen LogP contribution in [0.5, 0.6) is 0 Å². The largest absolute Gasteiger partial charge is 0.345 e. The summed E-state index contributed by atoms with van der Waals surface area (Å²) in [5.41, 5.74) is 2.54. The molecule has 3 saturated carbocycles. The number of nitrogens with zero attached hydrogens (tertiary/aromatic N) is 2. The molecule has 3 nitrogen and oxygen atoms in total. The average Bonchev–Trinajstić information content (AvgIpc) is 3.08. The molecule has 4 aliphatic carbocycles. The Morgan fingerprint density at radius 1 is 1.12 bits per heavy atom. The molecule has 0 unspecified atom stereocenters. The van der Waals surface area contributed by atoms with Crippen LogP contribution < -0.4 is 0 Å². The first-order valence-electron chi connectivity index (χ1n) is 11.0. The second-order valence-corrected chi connectivity index (χ2v) is 10.7. The lowest BCUT2D eigenvalue weighted by atomic mass is 9.47. The van der Waals surface area contributed by atoms with Crippen LogP contribution in [0.1, 0.15) is 58.3 Å². The third-order valence-corrected chi connectivity index (χ3v) is 9.73. The van der Waals surface area contributed by atoms with E-state index in [0.717, 1.165) is 36.8 Å². The zero-order valence-corrected chi connectivity index (χ0v) is 17.1. The number of likely N-dealkylation sites (tertiary alicyclic amines) is 1. The van der Waals surface area contributed by atoms with E-state index < -0.39 is 0 Å². The van der Waals surface area contributed by atoms with Crippen LogP contribution in [0.4, 0.5) is 0 Å². The smallest absolute Gasteiger partial charge is 0.226 e. The summed E-state index contributed by atoms with van der Waals surface area (Å²) in [4.78, 5) is 17.2. The van der Waals surface area contributed by atoms with E-state index in [4.69, 9.17) is 0 Å². The molecule has 1 spiro atoms. The van der Waals surface area contributed by atoms with Gasteiger partial charge in [0.2, 0.25) is 5.91 Å². The summed E-state index contributed by atoms with van der Waals surface area (Å²) in [6, 6.07) is 0.734. The second kappa shape index (κ2) is 5.59. The van der Waals surface area contributed by atoms with Crippen molar-refractivity contribution in [1.29, 1.82) is 0 Å². The first-order chi connectivity index (χ1) is 12.4. The maximum Gasteiger partial charge on any atom is 0.226 e. The van der Waals surface area contributed by atoms with E-state index in [9.17, 15) is 4.79 Å². The fourth-order valence-corrected chi connectivity index (χ4v) is 8.35. The lowest BCUT2D eigenvalue weighted by Gasteiger charge is -2.58. The van der Waals surface area contributed by atoms with Crippen LogP contribution in [-0.2, 0) is 4.79 Å². The first-order valence-corrected chi connectivity index (χ1v) is 11.0. The van der Waals surface area contributed by atoms with Crippen molar-refractivity contribution in [3.63, 3.8) is 0 Å². The third-order valence-electron chi connectivity index (χ3n) is 9.73. The Bertz CT molecular complexity index is 655. The number of carbonyl (C=O) groups excluding carboxylic acids is 1. The molecule has 1 aliphatic heterocycles. The fraction of sp³-hybridized carbons (Fsp3) is 0.870. The SMILES string of the molecule is CN1C[C@]23CC[C@H]4[C@@H](CC=C5C[C@@H](N(C)C)CC[C@@]54C)[C@@H]2CC[C@@H]3C1=O. The minimum Gasteiger partial charge on any atom is -0.345 e. The topological polar surface area (TPSA) is 23.6 Å². The number of hydrogen-bond donors (Lipinski definition) is 0. The molecule has 1 saturated heterocycles. The van der Waals surface area contributed by atoms with Crippen molar-refractivity contribution in [2.24, 2.45) is 34.5 Å². The minimum absolute atomic E-state index is 0.329. The highest BCUT2D eigenvalue weighted by atomic mass is 16.2. The highest BCUT2D eigenvalue weighted by Gasteiger charge is 2.64. The van der Waals surface area contributed by atoms with Crippen molar-refractivity contribution in [3.05, 3.63) is 11.6 Å². The van der Waals surface area contributed by atoms with E-state index in [1.165, 1.54) is 44.9 Å². The average molecular weight is 357 g/mol. The first kappa shape index (κ1) is 17.3. The molecular weight excluding hydrogens is 320 g/mol. The number of rotatable bonds is 1. The Morgan fingerprint density at radius 2 is 1.92 bits per heavy atom. The molecule has 0 aromatic heterocycles. The third kappa shape index (κ3) is 2.07. The Kier molecular flexibility index (Phi) is 3.72. The van der Waals surface area contributed by atoms with Crippen LogP contribution in [-0.4, -0.2) is 49.4 Å². The van der Waals surface area contributed by atoms with Gasteiger partial charge in [-0.15, -0.1) is 0 Å². The van der Waals surface area contributed by atoms with Crippen molar-refractivity contribution in [3.8, 4) is 0 Å². The van der Waals surface area contributed by atoms with E-state index in [1.54, 1.807) is 5.57 Å². The standard InChI is InChI=1S/C23H36N2O/c1-22-11-9-16(24(2)3)13-15(22)5-6-17-18(22)10-12-23-14-25(4)21(26)20(23)8-7-19(17)23/h5,16-20H,6-14H2,1-4H3/t16-,17+,18-,19-,20+,22-,23+/m0/s1. The van der Waals surface area contributed by atoms with Crippen LogP contribution in [0, 0.1) is 34.5 Å². The molecule has 5 aliphatic rings.